The monoisotopic (exact) mass is 245 g/mol. The van der Waals surface area contributed by atoms with Crippen molar-refractivity contribution < 1.29 is 0 Å². The van der Waals surface area contributed by atoms with Gasteiger partial charge in [-0.3, -0.25) is 0 Å². The lowest BCUT2D eigenvalue weighted by Gasteiger charge is -2.38. The van der Waals surface area contributed by atoms with E-state index in [0.717, 1.165) is 18.8 Å². The Hall–Kier alpha value is -0.820. The molecule has 18 heavy (non-hydrogen) atoms. The first-order valence-electron chi connectivity index (χ1n) is 7.42. The maximum Gasteiger partial charge on any atom is 0.0409 e. The standard InChI is InChI=1S/C17H27N/c1-4-5-15-8-10-17(18,11-9-15)16-7-6-13(2)14(3)12-16/h6-7,12,15H,4-5,8-11,18H2,1-3H3. The molecule has 1 aromatic carbocycles. The van der Waals surface area contributed by atoms with Gasteiger partial charge in [0, 0.05) is 5.54 Å². The van der Waals surface area contributed by atoms with Crippen molar-refractivity contribution in [2.75, 3.05) is 0 Å². The minimum absolute atomic E-state index is 0.0668. The van der Waals surface area contributed by atoms with Crippen LogP contribution in [0.15, 0.2) is 18.2 Å². The lowest BCUT2D eigenvalue weighted by molar-refractivity contribution is 0.226. The van der Waals surface area contributed by atoms with Crippen LogP contribution in [0.2, 0.25) is 0 Å². The molecule has 0 radical (unpaired) electrons. The van der Waals surface area contributed by atoms with Gasteiger partial charge < -0.3 is 5.73 Å². The number of hydrogen-bond donors (Lipinski definition) is 1. The molecular formula is C17H27N. The van der Waals surface area contributed by atoms with E-state index in [9.17, 15) is 0 Å². The third-order valence-corrected chi connectivity index (χ3v) is 4.78. The molecule has 0 aliphatic heterocycles. The molecule has 0 atom stereocenters. The second-order valence-electron chi connectivity index (χ2n) is 6.19. The molecular weight excluding hydrogens is 218 g/mol. The maximum absolute atomic E-state index is 6.66. The first kappa shape index (κ1) is 13.6. The van der Waals surface area contributed by atoms with E-state index in [-0.39, 0.29) is 5.54 Å². The molecule has 1 aliphatic carbocycles. The molecule has 0 bridgehead atoms. The Morgan fingerprint density at radius 1 is 1.17 bits per heavy atom. The van der Waals surface area contributed by atoms with Crippen LogP contribution in [0.5, 0.6) is 0 Å². The van der Waals surface area contributed by atoms with Crippen molar-refractivity contribution in [3.8, 4) is 0 Å². The summed E-state index contributed by atoms with van der Waals surface area (Å²) >= 11 is 0. The van der Waals surface area contributed by atoms with Gasteiger partial charge in [0.1, 0.15) is 0 Å². The Balaban J connectivity index is 2.10. The Bertz CT molecular complexity index is 400. The molecule has 1 aromatic rings. The first-order valence-corrected chi connectivity index (χ1v) is 7.42. The summed E-state index contributed by atoms with van der Waals surface area (Å²) < 4.78 is 0. The lowest BCUT2D eigenvalue weighted by atomic mass is 9.72. The maximum atomic E-state index is 6.66. The molecule has 0 spiro atoms. The van der Waals surface area contributed by atoms with Gasteiger partial charge in [0.25, 0.3) is 0 Å². The number of nitrogens with two attached hydrogens (primary N) is 1. The molecule has 2 rings (SSSR count). The molecule has 0 amide bonds. The van der Waals surface area contributed by atoms with Crippen LogP contribution in [-0.2, 0) is 5.54 Å². The normalized spacial score (nSPS) is 28.3. The Morgan fingerprint density at radius 3 is 2.39 bits per heavy atom. The van der Waals surface area contributed by atoms with Gasteiger partial charge in [-0.2, -0.15) is 0 Å². The smallest absolute Gasteiger partial charge is 0.0409 e. The van der Waals surface area contributed by atoms with Crippen molar-refractivity contribution in [2.24, 2.45) is 11.7 Å². The quantitative estimate of drug-likeness (QED) is 0.836. The van der Waals surface area contributed by atoms with Gasteiger partial charge in [-0.25, -0.2) is 0 Å². The largest absolute Gasteiger partial charge is 0.321 e. The molecule has 2 N–H and O–H groups in total. The molecule has 1 fully saturated rings. The Labute approximate surface area is 112 Å². The summed E-state index contributed by atoms with van der Waals surface area (Å²) in [5, 5.41) is 0. The summed E-state index contributed by atoms with van der Waals surface area (Å²) in [6, 6.07) is 6.76. The Kier molecular flexibility index (Phi) is 4.11. The number of hydrogen-bond acceptors (Lipinski definition) is 1. The molecule has 0 unspecified atom stereocenters. The van der Waals surface area contributed by atoms with Crippen molar-refractivity contribution in [2.45, 2.75) is 64.8 Å². The number of benzene rings is 1. The van der Waals surface area contributed by atoms with Gasteiger partial charge in [-0.15, -0.1) is 0 Å². The number of rotatable bonds is 3. The molecule has 1 heteroatoms. The van der Waals surface area contributed by atoms with Crippen LogP contribution in [0.25, 0.3) is 0 Å². The summed E-state index contributed by atoms with van der Waals surface area (Å²) in [6.45, 7) is 6.64. The molecule has 1 aliphatic rings. The SMILES string of the molecule is CCCC1CCC(N)(c2ccc(C)c(C)c2)CC1. The van der Waals surface area contributed by atoms with E-state index in [1.54, 1.807) is 0 Å². The molecule has 1 saturated carbocycles. The zero-order valence-electron chi connectivity index (χ0n) is 12.1. The number of aryl methyl sites for hydroxylation is 2. The zero-order chi connectivity index (χ0) is 13.2. The van der Waals surface area contributed by atoms with Crippen molar-refractivity contribution >= 4 is 0 Å². The highest BCUT2D eigenvalue weighted by Crippen LogP contribution is 2.39. The highest BCUT2D eigenvalue weighted by atomic mass is 14.7. The van der Waals surface area contributed by atoms with Crippen molar-refractivity contribution in [1.29, 1.82) is 0 Å². The molecule has 100 valence electrons. The average Bonchev–Trinajstić information content (AvgIpc) is 2.36. The molecule has 0 heterocycles. The molecule has 1 nitrogen and oxygen atoms in total. The van der Waals surface area contributed by atoms with Crippen molar-refractivity contribution in [1.82, 2.24) is 0 Å². The van der Waals surface area contributed by atoms with E-state index < -0.39 is 0 Å². The van der Waals surface area contributed by atoms with Crippen LogP contribution in [-0.4, -0.2) is 0 Å². The molecule has 0 saturated heterocycles. The van der Waals surface area contributed by atoms with Crippen LogP contribution < -0.4 is 5.73 Å². The van der Waals surface area contributed by atoms with Gasteiger partial charge in [0.2, 0.25) is 0 Å². The topological polar surface area (TPSA) is 26.0 Å². The van der Waals surface area contributed by atoms with Gasteiger partial charge >= 0.3 is 0 Å². The second kappa shape index (κ2) is 5.44. The van der Waals surface area contributed by atoms with E-state index in [1.165, 1.54) is 42.4 Å². The fraction of sp³-hybridized carbons (Fsp3) is 0.647. The minimum Gasteiger partial charge on any atom is -0.321 e. The lowest BCUT2D eigenvalue weighted by Crippen LogP contribution is -2.40. The summed E-state index contributed by atoms with van der Waals surface area (Å²) in [4.78, 5) is 0. The highest BCUT2D eigenvalue weighted by molar-refractivity contribution is 5.34. The summed E-state index contributed by atoms with van der Waals surface area (Å²) in [5.74, 6) is 0.915. The van der Waals surface area contributed by atoms with E-state index in [0.29, 0.717) is 0 Å². The summed E-state index contributed by atoms with van der Waals surface area (Å²) in [6.07, 6.45) is 7.60. The first-order chi connectivity index (χ1) is 8.55. The Morgan fingerprint density at radius 2 is 1.83 bits per heavy atom. The third-order valence-electron chi connectivity index (χ3n) is 4.78. The highest BCUT2D eigenvalue weighted by Gasteiger charge is 2.32. The van der Waals surface area contributed by atoms with Crippen LogP contribution >= 0.6 is 0 Å². The van der Waals surface area contributed by atoms with Crippen molar-refractivity contribution in [3.63, 3.8) is 0 Å². The fourth-order valence-corrected chi connectivity index (χ4v) is 3.23. The van der Waals surface area contributed by atoms with Crippen molar-refractivity contribution in [3.05, 3.63) is 34.9 Å². The van der Waals surface area contributed by atoms with Gasteiger partial charge in [-0.05, 0) is 62.1 Å². The average molecular weight is 245 g/mol. The predicted molar refractivity (Wildman–Crippen MR) is 78.6 cm³/mol. The van der Waals surface area contributed by atoms with Gasteiger partial charge in [-0.1, -0.05) is 38.0 Å². The second-order valence-corrected chi connectivity index (χ2v) is 6.19. The van der Waals surface area contributed by atoms with Crippen LogP contribution in [0, 0.1) is 19.8 Å². The summed E-state index contributed by atoms with van der Waals surface area (Å²) in [7, 11) is 0. The summed E-state index contributed by atoms with van der Waals surface area (Å²) in [5.41, 5.74) is 10.7. The van der Waals surface area contributed by atoms with Crippen LogP contribution in [0.4, 0.5) is 0 Å². The predicted octanol–water partition coefficient (Wildman–Crippen LogP) is 4.45. The molecule has 0 aromatic heterocycles. The van der Waals surface area contributed by atoms with Gasteiger partial charge in [0.15, 0.2) is 0 Å². The third kappa shape index (κ3) is 2.77. The van der Waals surface area contributed by atoms with E-state index in [4.69, 9.17) is 5.73 Å². The fourth-order valence-electron chi connectivity index (χ4n) is 3.23. The zero-order valence-corrected chi connectivity index (χ0v) is 12.1. The van der Waals surface area contributed by atoms with E-state index in [2.05, 4.69) is 39.0 Å². The van der Waals surface area contributed by atoms with Gasteiger partial charge in [0.05, 0.1) is 0 Å². The van der Waals surface area contributed by atoms with E-state index >= 15 is 0 Å². The minimum atomic E-state index is -0.0668. The van der Waals surface area contributed by atoms with E-state index in [1.807, 2.05) is 0 Å². The van der Waals surface area contributed by atoms with Crippen LogP contribution in [0.3, 0.4) is 0 Å². The van der Waals surface area contributed by atoms with Crippen LogP contribution in [0.1, 0.15) is 62.1 Å².